The van der Waals surface area contributed by atoms with Crippen LogP contribution in [0.4, 0.5) is 0 Å². The van der Waals surface area contributed by atoms with Gasteiger partial charge in [-0.2, -0.15) is 4.98 Å². The highest BCUT2D eigenvalue weighted by atomic mass is 35.5. The van der Waals surface area contributed by atoms with Crippen molar-refractivity contribution < 1.29 is 19.2 Å². The number of aromatic nitrogens is 3. The maximum absolute atomic E-state index is 10.9. The van der Waals surface area contributed by atoms with Gasteiger partial charge in [0.25, 0.3) is 5.89 Å². The van der Waals surface area contributed by atoms with Gasteiger partial charge in [0.05, 0.1) is 17.6 Å². The van der Waals surface area contributed by atoms with E-state index in [0.29, 0.717) is 47.6 Å². The van der Waals surface area contributed by atoms with Crippen LogP contribution in [-0.2, 0) is 11.3 Å². The first-order valence-corrected chi connectivity index (χ1v) is 10.9. The van der Waals surface area contributed by atoms with Gasteiger partial charge in [0.2, 0.25) is 11.7 Å². The molecule has 168 valence electrons. The summed E-state index contributed by atoms with van der Waals surface area (Å²) in [5, 5.41) is 16.9. The van der Waals surface area contributed by atoms with Crippen LogP contribution in [0.15, 0.2) is 35.0 Å². The van der Waals surface area contributed by atoms with Crippen molar-refractivity contribution in [3.8, 4) is 28.7 Å². The number of carbonyl (C=O) groups is 1. The van der Waals surface area contributed by atoms with Crippen molar-refractivity contribution in [3.63, 3.8) is 0 Å². The molecule has 2 aromatic heterocycles. The number of hydrogen-bond acceptors (Lipinski definition) is 7. The largest absolute Gasteiger partial charge is 0.481 e. The number of benzene rings is 1. The number of halogens is 1. The number of carboxylic acids is 1. The van der Waals surface area contributed by atoms with Crippen molar-refractivity contribution in [1.29, 1.82) is 0 Å². The zero-order valence-corrected chi connectivity index (χ0v) is 18.9. The van der Waals surface area contributed by atoms with Crippen molar-refractivity contribution in [2.75, 3.05) is 0 Å². The summed E-state index contributed by atoms with van der Waals surface area (Å²) >= 11 is 6.27. The number of nitrogens with one attached hydrogen (secondary N) is 1. The Hall–Kier alpha value is -2.97. The molecule has 0 unspecified atom stereocenters. The molecule has 0 radical (unpaired) electrons. The van der Waals surface area contributed by atoms with Gasteiger partial charge in [-0.05, 0) is 50.8 Å². The number of hydrogen-bond donors (Lipinski definition) is 2. The molecule has 1 aliphatic rings. The van der Waals surface area contributed by atoms with Gasteiger partial charge in [-0.25, -0.2) is 4.98 Å². The van der Waals surface area contributed by atoms with E-state index in [4.69, 9.17) is 26.0 Å². The zero-order chi connectivity index (χ0) is 22.8. The van der Waals surface area contributed by atoms with Crippen molar-refractivity contribution in [2.45, 2.75) is 52.3 Å². The maximum Gasteiger partial charge on any atom is 0.306 e. The Morgan fingerprint density at radius 3 is 2.78 bits per heavy atom. The van der Waals surface area contributed by atoms with Crippen LogP contribution in [0.2, 0.25) is 5.02 Å². The second-order valence-electron chi connectivity index (χ2n) is 8.33. The molecule has 0 spiro atoms. The predicted octanol–water partition coefficient (Wildman–Crippen LogP) is 4.50. The Kier molecular flexibility index (Phi) is 6.43. The van der Waals surface area contributed by atoms with Crippen molar-refractivity contribution in [2.24, 2.45) is 5.92 Å². The number of aliphatic carboxylic acids is 1. The molecular weight excluding hydrogens is 432 g/mol. The maximum atomic E-state index is 10.9. The average Bonchev–Trinajstić information content (AvgIpc) is 3.17. The Balaban J connectivity index is 1.43. The lowest BCUT2D eigenvalue weighted by Gasteiger charge is -2.33. The van der Waals surface area contributed by atoms with E-state index >= 15 is 0 Å². The number of nitrogens with zero attached hydrogens (tertiary/aromatic N) is 3. The lowest BCUT2D eigenvalue weighted by Crippen LogP contribution is -2.43. The third kappa shape index (κ3) is 4.92. The van der Waals surface area contributed by atoms with Crippen LogP contribution in [0.25, 0.3) is 22.8 Å². The molecule has 9 heteroatoms. The summed E-state index contributed by atoms with van der Waals surface area (Å²) in [6.07, 6.45) is 2.93. The first-order chi connectivity index (χ1) is 15.3. The monoisotopic (exact) mass is 456 g/mol. The SMILES string of the molecule is Cc1cc(CNC2CC(C(=O)O)C2)ccc1-c1noc(-c2cnc(OC(C)C)c(Cl)c2)n1. The molecular formula is C23H25ClN4O4. The van der Waals surface area contributed by atoms with Crippen LogP contribution >= 0.6 is 11.6 Å². The Morgan fingerprint density at radius 2 is 2.12 bits per heavy atom. The number of rotatable bonds is 8. The van der Waals surface area contributed by atoms with Gasteiger partial charge in [-0.1, -0.05) is 35.0 Å². The minimum atomic E-state index is -0.708. The highest BCUT2D eigenvalue weighted by Gasteiger charge is 2.33. The standard InChI is InChI=1S/C23H25ClN4O4/c1-12(2)31-22-19(24)9-16(11-26-22)21-27-20(28-32-21)18-5-4-14(6-13(18)3)10-25-17-7-15(8-17)23(29)30/h4-6,9,11-12,15,17,25H,7-8,10H2,1-3H3,(H,29,30). The van der Waals surface area contributed by atoms with E-state index < -0.39 is 5.97 Å². The summed E-state index contributed by atoms with van der Waals surface area (Å²) in [4.78, 5) is 19.7. The summed E-state index contributed by atoms with van der Waals surface area (Å²) in [5.74, 6) is 0.256. The molecule has 8 nitrogen and oxygen atoms in total. The Labute approximate surface area is 191 Å². The molecule has 4 rings (SSSR count). The van der Waals surface area contributed by atoms with Gasteiger partial charge < -0.3 is 19.7 Å². The lowest BCUT2D eigenvalue weighted by atomic mass is 9.80. The van der Waals surface area contributed by atoms with E-state index in [1.54, 1.807) is 12.3 Å². The van der Waals surface area contributed by atoms with Gasteiger partial charge >= 0.3 is 5.97 Å². The zero-order valence-electron chi connectivity index (χ0n) is 18.1. The summed E-state index contributed by atoms with van der Waals surface area (Å²) in [5.41, 5.74) is 3.62. The van der Waals surface area contributed by atoms with Gasteiger partial charge in [0.1, 0.15) is 5.02 Å². The van der Waals surface area contributed by atoms with Gasteiger partial charge in [0.15, 0.2) is 0 Å². The first kappa shape index (κ1) is 22.2. The average molecular weight is 457 g/mol. The molecule has 2 heterocycles. The fourth-order valence-electron chi connectivity index (χ4n) is 3.64. The molecule has 3 aromatic rings. The normalized spacial score (nSPS) is 17.9. The number of pyridine rings is 1. The number of aryl methyl sites for hydroxylation is 1. The minimum absolute atomic E-state index is 0.0302. The third-order valence-corrected chi connectivity index (χ3v) is 5.71. The summed E-state index contributed by atoms with van der Waals surface area (Å²) < 4.78 is 11.0. The molecule has 0 atom stereocenters. The van der Waals surface area contributed by atoms with E-state index in [2.05, 4.69) is 26.5 Å². The van der Waals surface area contributed by atoms with Crippen LogP contribution in [0, 0.1) is 12.8 Å². The highest BCUT2D eigenvalue weighted by Crippen LogP contribution is 2.30. The van der Waals surface area contributed by atoms with E-state index in [9.17, 15) is 4.79 Å². The molecule has 32 heavy (non-hydrogen) atoms. The second kappa shape index (κ2) is 9.26. The molecule has 0 saturated heterocycles. The molecule has 0 bridgehead atoms. The van der Waals surface area contributed by atoms with Crippen molar-refractivity contribution in [1.82, 2.24) is 20.4 Å². The van der Waals surface area contributed by atoms with Crippen LogP contribution in [-0.4, -0.2) is 38.3 Å². The molecule has 1 saturated carbocycles. The summed E-state index contributed by atoms with van der Waals surface area (Å²) in [6.45, 7) is 6.49. The minimum Gasteiger partial charge on any atom is -0.481 e. The molecule has 1 aromatic carbocycles. The fraction of sp³-hybridized carbons (Fsp3) is 0.391. The summed E-state index contributed by atoms with van der Waals surface area (Å²) in [7, 11) is 0. The van der Waals surface area contributed by atoms with E-state index in [0.717, 1.165) is 16.7 Å². The molecule has 1 fully saturated rings. The molecule has 2 N–H and O–H groups in total. The fourth-order valence-corrected chi connectivity index (χ4v) is 3.85. The quantitative estimate of drug-likeness (QED) is 0.509. The van der Waals surface area contributed by atoms with Gasteiger partial charge in [0, 0.05) is 24.3 Å². The lowest BCUT2D eigenvalue weighted by molar-refractivity contribution is -0.145. The number of ether oxygens (including phenoxy) is 1. The van der Waals surface area contributed by atoms with E-state index in [-0.39, 0.29) is 18.1 Å². The molecule has 0 amide bonds. The first-order valence-electron chi connectivity index (χ1n) is 10.5. The molecule has 1 aliphatic carbocycles. The van der Waals surface area contributed by atoms with Crippen LogP contribution in [0.3, 0.4) is 0 Å². The van der Waals surface area contributed by atoms with E-state index in [1.807, 2.05) is 32.9 Å². The smallest absolute Gasteiger partial charge is 0.306 e. The molecule has 0 aliphatic heterocycles. The van der Waals surface area contributed by atoms with Crippen LogP contribution in [0.5, 0.6) is 5.88 Å². The van der Waals surface area contributed by atoms with Crippen molar-refractivity contribution >= 4 is 17.6 Å². The van der Waals surface area contributed by atoms with Crippen LogP contribution in [0.1, 0.15) is 37.8 Å². The van der Waals surface area contributed by atoms with Crippen molar-refractivity contribution in [3.05, 3.63) is 46.6 Å². The highest BCUT2D eigenvalue weighted by molar-refractivity contribution is 6.32. The topological polar surface area (TPSA) is 110 Å². The van der Waals surface area contributed by atoms with Crippen LogP contribution < -0.4 is 10.1 Å². The number of carboxylic acid groups (broad SMARTS) is 1. The Morgan fingerprint density at radius 1 is 1.34 bits per heavy atom. The van der Waals surface area contributed by atoms with E-state index in [1.165, 1.54) is 0 Å². The third-order valence-electron chi connectivity index (χ3n) is 5.44. The Bertz CT molecular complexity index is 1120. The van der Waals surface area contributed by atoms with Gasteiger partial charge in [-0.15, -0.1) is 0 Å². The second-order valence-corrected chi connectivity index (χ2v) is 8.74. The summed E-state index contributed by atoms with van der Waals surface area (Å²) in [6, 6.07) is 8.00. The van der Waals surface area contributed by atoms with Gasteiger partial charge in [-0.3, -0.25) is 4.79 Å². The predicted molar refractivity (Wildman–Crippen MR) is 119 cm³/mol.